The lowest BCUT2D eigenvalue weighted by Gasteiger charge is -2.49. The van der Waals surface area contributed by atoms with Crippen LogP contribution in [0.15, 0.2) is 0 Å². The minimum Gasteiger partial charge on any atom is -1.00 e. The number of hydrogen-bond acceptors (Lipinski definition) is 2. The second-order valence-electron chi connectivity index (χ2n) is 8.54. The van der Waals surface area contributed by atoms with Gasteiger partial charge in [-0.1, -0.05) is 0 Å². The van der Waals surface area contributed by atoms with Crippen molar-refractivity contribution in [3.05, 3.63) is 0 Å². The van der Waals surface area contributed by atoms with Crippen molar-refractivity contribution in [2.24, 2.45) is 0 Å². The number of ether oxygens (including phenoxy) is 1. The summed E-state index contributed by atoms with van der Waals surface area (Å²) in [5.41, 5.74) is -0.639. The maximum absolute atomic E-state index is 12.4. The highest BCUT2D eigenvalue weighted by molar-refractivity contribution is 7.75. The Kier molecular flexibility index (Phi) is 10.8. The Hall–Kier alpha value is 1.04. The van der Waals surface area contributed by atoms with Gasteiger partial charge in [0.2, 0.25) is 0 Å². The van der Waals surface area contributed by atoms with Crippen LogP contribution in [0.5, 0.6) is 0 Å². The summed E-state index contributed by atoms with van der Waals surface area (Å²) in [5.74, 6) is 0. The highest BCUT2D eigenvalue weighted by atomic mass is 127. The number of rotatable bonds is 9. The predicted octanol–water partition coefficient (Wildman–Crippen LogP) is 2.23. The molecule has 0 unspecified atom stereocenters. The molecular weight excluding hydrogens is 432 g/mol. The van der Waals surface area contributed by atoms with Crippen LogP contribution in [0.3, 0.4) is 0 Å². The quantitative estimate of drug-likeness (QED) is 0.293. The van der Waals surface area contributed by atoms with Gasteiger partial charge < -0.3 is 28.7 Å². The fourth-order valence-corrected chi connectivity index (χ4v) is 7.42. The maximum Gasteiger partial charge on any atom is 0.0611 e. The van der Waals surface area contributed by atoms with Gasteiger partial charge in [0, 0.05) is 24.9 Å². The smallest absolute Gasteiger partial charge is 0.0611 e. The first-order chi connectivity index (χ1) is 10.6. The molecule has 0 N–H and O–H groups in total. The van der Waals surface area contributed by atoms with Crippen LogP contribution in [0.2, 0.25) is 0 Å². The molecule has 1 aliphatic heterocycles. The van der Waals surface area contributed by atoms with Crippen LogP contribution in [0.25, 0.3) is 0 Å². The topological polar surface area (TPSA) is 32.4 Å². The highest BCUT2D eigenvalue weighted by Crippen LogP contribution is 2.58. The monoisotopic (exact) mass is 472 g/mol. The molecule has 1 radical (unpaired) electrons. The minimum absolute atomic E-state index is 0. The van der Waals surface area contributed by atoms with Gasteiger partial charge in [0.25, 0.3) is 0 Å². The van der Waals surface area contributed by atoms with Gasteiger partial charge in [-0.25, -0.2) is 0 Å². The summed E-state index contributed by atoms with van der Waals surface area (Å²) in [6.07, 6.45) is 9.99. The molecule has 0 saturated carbocycles. The molecule has 1 heterocycles. The van der Waals surface area contributed by atoms with Crippen molar-refractivity contribution in [3.63, 3.8) is 0 Å². The Morgan fingerprint density at radius 1 is 0.958 bits per heavy atom. The molecule has 3 nitrogen and oxygen atoms in total. The Morgan fingerprint density at radius 3 is 1.83 bits per heavy atom. The number of hydrogen-bond donors (Lipinski definition) is 0. The van der Waals surface area contributed by atoms with Gasteiger partial charge in [0.1, 0.15) is 0 Å². The van der Waals surface area contributed by atoms with E-state index in [4.69, 9.17) is 4.74 Å². The van der Waals surface area contributed by atoms with Crippen LogP contribution in [0.4, 0.5) is 0 Å². The van der Waals surface area contributed by atoms with Crippen LogP contribution in [0, 0.1) is 0 Å². The number of unbranched alkanes of at least 4 members (excludes halogenated alkanes) is 1. The van der Waals surface area contributed by atoms with E-state index >= 15 is 0 Å². The summed E-state index contributed by atoms with van der Waals surface area (Å²) in [4.78, 5) is 0. The van der Waals surface area contributed by atoms with E-state index in [0.29, 0.717) is 0 Å². The fourth-order valence-electron chi connectivity index (χ4n) is 4.23. The summed E-state index contributed by atoms with van der Waals surface area (Å²) in [5, 5.41) is 13.6. The first kappa shape index (κ1) is 25.0. The van der Waals surface area contributed by atoms with Crippen molar-refractivity contribution in [2.75, 3.05) is 31.3 Å². The van der Waals surface area contributed by atoms with Crippen molar-refractivity contribution in [1.29, 1.82) is 0 Å². The molecule has 0 spiro atoms. The molecule has 1 saturated heterocycles. The summed E-state index contributed by atoms with van der Waals surface area (Å²) >= 11 is 0. The molecule has 1 aliphatic rings. The van der Waals surface area contributed by atoms with Crippen LogP contribution >= 0.6 is 7.26 Å². The van der Waals surface area contributed by atoms with Crippen LogP contribution in [-0.2, 0) is 9.94 Å². The van der Waals surface area contributed by atoms with Crippen molar-refractivity contribution in [1.82, 2.24) is 5.06 Å². The number of hydroxylamine groups is 2. The van der Waals surface area contributed by atoms with Crippen molar-refractivity contribution >= 4 is 7.26 Å². The lowest BCUT2D eigenvalue weighted by atomic mass is 9.80. The summed E-state index contributed by atoms with van der Waals surface area (Å²) < 4.78 is 6.16. The second-order valence-corrected chi connectivity index (χ2v) is 13.6. The predicted molar refractivity (Wildman–Crippen MR) is 102 cm³/mol. The van der Waals surface area contributed by atoms with Gasteiger partial charge in [-0.3, -0.25) is 0 Å². The van der Waals surface area contributed by atoms with E-state index in [1.807, 2.05) is 27.7 Å². The zero-order valence-electron chi connectivity index (χ0n) is 17.0. The lowest BCUT2D eigenvalue weighted by molar-refractivity contribution is -0.301. The molecule has 0 aliphatic carbocycles. The lowest BCUT2D eigenvalue weighted by Crippen LogP contribution is -3.00. The first-order valence-electron chi connectivity index (χ1n) is 9.56. The molecule has 0 atom stereocenters. The first-order valence-corrected chi connectivity index (χ1v) is 12.1. The third kappa shape index (κ3) is 6.64. The van der Waals surface area contributed by atoms with Gasteiger partial charge in [0.05, 0.1) is 30.8 Å². The number of halogens is 1. The summed E-state index contributed by atoms with van der Waals surface area (Å²) in [7, 11) is -0.665. The van der Waals surface area contributed by atoms with Gasteiger partial charge in [0.15, 0.2) is 0 Å². The van der Waals surface area contributed by atoms with E-state index in [9.17, 15) is 5.21 Å². The molecular formula is C19H40INO2P. The molecule has 0 aromatic heterocycles. The molecule has 5 heteroatoms. The highest BCUT2D eigenvalue weighted by Gasteiger charge is 2.46. The van der Waals surface area contributed by atoms with Crippen LogP contribution in [0.1, 0.15) is 74.1 Å². The van der Waals surface area contributed by atoms with Gasteiger partial charge >= 0.3 is 0 Å². The number of nitrogens with zero attached hydrogens (tertiary/aromatic N) is 1. The average Bonchev–Trinajstić information content (AvgIpc) is 2.48. The van der Waals surface area contributed by atoms with E-state index in [-0.39, 0.29) is 41.2 Å². The van der Waals surface area contributed by atoms with E-state index in [1.54, 1.807) is 0 Å². The zero-order chi connectivity index (χ0) is 17.7. The molecule has 145 valence electrons. The van der Waals surface area contributed by atoms with Crippen LogP contribution < -0.4 is 24.0 Å². The van der Waals surface area contributed by atoms with E-state index in [2.05, 4.69) is 20.8 Å². The fraction of sp³-hybridized carbons (Fsp3) is 1.00. The maximum atomic E-state index is 12.4. The van der Waals surface area contributed by atoms with E-state index in [1.165, 1.54) is 42.6 Å². The third-order valence-corrected chi connectivity index (χ3v) is 11.2. The van der Waals surface area contributed by atoms with Crippen molar-refractivity contribution < 1.29 is 33.9 Å². The van der Waals surface area contributed by atoms with Crippen molar-refractivity contribution in [2.45, 2.75) is 91.3 Å². The van der Waals surface area contributed by atoms with Gasteiger partial charge in [-0.2, -0.15) is 0 Å². The standard InChI is InChI=1S/C19H40NO2P.HI/c1-8-23(9-2,10-3)14-12-11-13-22-17-15-18(4,5)20(21)19(6,7)16-17;/h17H,8-16H2,1-7H3;1H/q+1;/p-1. The molecule has 0 aromatic rings. The Morgan fingerprint density at radius 2 is 1.42 bits per heavy atom. The Bertz CT molecular complexity index is 333. The molecule has 0 amide bonds. The number of piperidine rings is 1. The Balaban J connectivity index is 0.00000529. The molecule has 0 aromatic carbocycles. The van der Waals surface area contributed by atoms with Gasteiger partial charge in [-0.15, -0.1) is 10.3 Å². The zero-order valence-corrected chi connectivity index (χ0v) is 20.1. The SMILES string of the molecule is CC[P+](CC)(CC)CCCCOC1CC(C)(C)N([O])C(C)(C)C1.[I-]. The normalized spacial score (nSPS) is 21.5. The van der Waals surface area contributed by atoms with E-state index < -0.39 is 7.26 Å². The largest absolute Gasteiger partial charge is 1.00 e. The second kappa shape index (κ2) is 10.4. The molecule has 24 heavy (non-hydrogen) atoms. The average molecular weight is 472 g/mol. The summed E-state index contributed by atoms with van der Waals surface area (Å²) in [6, 6.07) is 0. The molecule has 0 bridgehead atoms. The molecule has 1 rings (SSSR count). The van der Waals surface area contributed by atoms with Crippen molar-refractivity contribution in [3.8, 4) is 0 Å². The van der Waals surface area contributed by atoms with E-state index in [0.717, 1.165) is 19.4 Å². The minimum atomic E-state index is -0.665. The third-order valence-electron chi connectivity index (χ3n) is 5.95. The van der Waals surface area contributed by atoms with Gasteiger partial charge in [-0.05, 0) is 74.1 Å². The Labute approximate surface area is 168 Å². The molecule has 1 fully saturated rings. The van der Waals surface area contributed by atoms with Crippen LogP contribution in [-0.4, -0.2) is 53.5 Å². The summed E-state index contributed by atoms with van der Waals surface area (Å²) in [6.45, 7) is 16.1.